The Balaban J connectivity index is 2.38. The number of hydrogen-bond acceptors (Lipinski definition) is 4. The van der Waals surface area contributed by atoms with Crippen LogP contribution in [0.2, 0.25) is 5.02 Å². The fourth-order valence-corrected chi connectivity index (χ4v) is 3.25. The zero-order valence-corrected chi connectivity index (χ0v) is 11.7. The van der Waals surface area contributed by atoms with Crippen molar-refractivity contribution >= 4 is 34.9 Å². The molecule has 4 nitrogen and oxygen atoms in total. The van der Waals surface area contributed by atoms with E-state index in [1.54, 1.807) is 12.1 Å². The van der Waals surface area contributed by atoms with Gasteiger partial charge < -0.3 is 15.8 Å². The highest BCUT2D eigenvalue weighted by molar-refractivity contribution is 8.00. The Labute approximate surface area is 116 Å². The van der Waals surface area contributed by atoms with Gasteiger partial charge in [0.1, 0.15) is 0 Å². The summed E-state index contributed by atoms with van der Waals surface area (Å²) in [5, 5.41) is 13.1. The Morgan fingerprint density at radius 3 is 3.06 bits per heavy atom. The Bertz CT molecular complexity index is 467. The molecule has 1 aromatic rings. The normalized spacial score (nSPS) is 21.1. The number of amidine groups is 1. The lowest BCUT2D eigenvalue weighted by atomic mass is 10.1. The molecule has 98 valence electrons. The van der Waals surface area contributed by atoms with E-state index in [0.29, 0.717) is 10.3 Å². The van der Waals surface area contributed by atoms with E-state index < -0.39 is 0 Å². The lowest BCUT2D eigenvalue weighted by Gasteiger charge is -2.33. The van der Waals surface area contributed by atoms with Crippen LogP contribution in [0.15, 0.2) is 23.4 Å². The molecule has 0 aliphatic carbocycles. The predicted molar refractivity (Wildman–Crippen MR) is 78.1 cm³/mol. The largest absolute Gasteiger partial charge is 0.409 e. The second kappa shape index (κ2) is 5.71. The third-order valence-electron chi connectivity index (χ3n) is 2.93. The molecule has 1 saturated heterocycles. The van der Waals surface area contributed by atoms with E-state index in [-0.39, 0.29) is 5.84 Å². The fraction of sp³-hybridized carbons (Fsp3) is 0.417. The number of hydrogen-bond donors (Lipinski definition) is 2. The predicted octanol–water partition coefficient (Wildman–Crippen LogP) is 2.38. The topological polar surface area (TPSA) is 61.8 Å². The van der Waals surface area contributed by atoms with Crippen molar-refractivity contribution in [1.82, 2.24) is 0 Å². The summed E-state index contributed by atoms with van der Waals surface area (Å²) < 4.78 is 0. The summed E-state index contributed by atoms with van der Waals surface area (Å²) in [6, 6.07) is 5.41. The Morgan fingerprint density at radius 2 is 2.39 bits per heavy atom. The first-order valence-corrected chi connectivity index (χ1v) is 7.18. The lowest BCUT2D eigenvalue weighted by Crippen LogP contribution is -2.37. The van der Waals surface area contributed by atoms with Gasteiger partial charge in [-0.1, -0.05) is 23.7 Å². The molecule has 1 aliphatic rings. The van der Waals surface area contributed by atoms with Crippen LogP contribution in [-0.2, 0) is 0 Å². The molecule has 0 spiro atoms. The number of halogens is 1. The van der Waals surface area contributed by atoms with Crippen LogP contribution < -0.4 is 10.6 Å². The van der Waals surface area contributed by atoms with Crippen molar-refractivity contribution in [3.63, 3.8) is 0 Å². The van der Waals surface area contributed by atoms with E-state index in [1.807, 2.05) is 17.8 Å². The van der Waals surface area contributed by atoms with Crippen LogP contribution in [0, 0.1) is 0 Å². The molecule has 6 heteroatoms. The van der Waals surface area contributed by atoms with Crippen molar-refractivity contribution in [2.75, 3.05) is 23.7 Å². The average molecular weight is 286 g/mol. The maximum Gasteiger partial charge on any atom is 0.172 e. The number of oxime groups is 1. The van der Waals surface area contributed by atoms with Crippen LogP contribution in [-0.4, -0.2) is 35.1 Å². The zero-order chi connectivity index (χ0) is 13.1. The molecule has 0 radical (unpaired) electrons. The minimum atomic E-state index is 0.118. The van der Waals surface area contributed by atoms with Gasteiger partial charge in [0.2, 0.25) is 0 Å². The summed E-state index contributed by atoms with van der Waals surface area (Å²) in [6.07, 6.45) is 0. The number of rotatable bonds is 2. The molecule has 18 heavy (non-hydrogen) atoms. The van der Waals surface area contributed by atoms with Crippen LogP contribution in [0.1, 0.15) is 12.5 Å². The standard InChI is InChI=1S/C12H16ClN3OS/c1-8-7-16(4-5-18-8)11-6-9(13)2-3-10(11)12(14)15-17/h2-3,6,8,17H,4-5,7H2,1H3,(H2,14,15). The molecular formula is C12H16ClN3OS. The van der Waals surface area contributed by atoms with Gasteiger partial charge in [0.15, 0.2) is 5.84 Å². The number of anilines is 1. The highest BCUT2D eigenvalue weighted by Gasteiger charge is 2.20. The molecule has 0 bridgehead atoms. The number of benzene rings is 1. The first-order chi connectivity index (χ1) is 8.61. The van der Waals surface area contributed by atoms with Gasteiger partial charge in [0.05, 0.1) is 0 Å². The Hall–Kier alpha value is -1.07. The lowest BCUT2D eigenvalue weighted by molar-refractivity contribution is 0.318. The van der Waals surface area contributed by atoms with Crippen LogP contribution in [0.25, 0.3) is 0 Å². The van der Waals surface area contributed by atoms with Crippen LogP contribution in [0.5, 0.6) is 0 Å². The molecule has 0 aromatic heterocycles. The Kier molecular flexibility index (Phi) is 4.24. The highest BCUT2D eigenvalue weighted by Crippen LogP contribution is 2.29. The monoisotopic (exact) mass is 285 g/mol. The fourth-order valence-electron chi connectivity index (χ4n) is 2.07. The molecular weight excluding hydrogens is 270 g/mol. The SMILES string of the molecule is CC1CN(c2cc(Cl)ccc2/C(N)=N/O)CCS1. The van der Waals surface area contributed by atoms with Crippen LogP contribution in [0.4, 0.5) is 5.69 Å². The van der Waals surface area contributed by atoms with E-state index in [9.17, 15) is 0 Å². The van der Waals surface area contributed by atoms with Crippen molar-refractivity contribution in [2.45, 2.75) is 12.2 Å². The van der Waals surface area contributed by atoms with Gasteiger partial charge in [0.25, 0.3) is 0 Å². The highest BCUT2D eigenvalue weighted by atomic mass is 35.5. The van der Waals surface area contributed by atoms with Crippen LogP contribution >= 0.6 is 23.4 Å². The van der Waals surface area contributed by atoms with E-state index >= 15 is 0 Å². The summed E-state index contributed by atoms with van der Waals surface area (Å²) in [4.78, 5) is 2.24. The van der Waals surface area contributed by atoms with Gasteiger partial charge >= 0.3 is 0 Å². The van der Waals surface area contributed by atoms with E-state index in [1.165, 1.54) is 0 Å². The molecule has 2 rings (SSSR count). The van der Waals surface area contributed by atoms with Crippen molar-refractivity contribution < 1.29 is 5.21 Å². The smallest absolute Gasteiger partial charge is 0.172 e. The summed E-state index contributed by atoms with van der Waals surface area (Å²) in [7, 11) is 0. The third-order valence-corrected chi connectivity index (χ3v) is 4.30. The number of nitrogens with two attached hydrogens (primary N) is 1. The number of nitrogens with zero attached hydrogens (tertiary/aromatic N) is 2. The van der Waals surface area contributed by atoms with Crippen molar-refractivity contribution in [3.05, 3.63) is 28.8 Å². The van der Waals surface area contributed by atoms with Gasteiger partial charge in [-0.05, 0) is 18.2 Å². The van der Waals surface area contributed by atoms with E-state index in [0.717, 1.165) is 30.1 Å². The summed E-state index contributed by atoms with van der Waals surface area (Å²) in [5.74, 6) is 1.19. The molecule has 1 heterocycles. The van der Waals surface area contributed by atoms with Crippen molar-refractivity contribution in [2.24, 2.45) is 10.9 Å². The maximum absolute atomic E-state index is 8.84. The Morgan fingerprint density at radius 1 is 1.61 bits per heavy atom. The molecule has 3 N–H and O–H groups in total. The third kappa shape index (κ3) is 2.84. The summed E-state index contributed by atoms with van der Waals surface area (Å²) in [5.41, 5.74) is 7.37. The molecule has 1 unspecified atom stereocenters. The second-order valence-corrected chi connectivity index (χ2v) is 6.26. The van der Waals surface area contributed by atoms with Gasteiger partial charge in [0, 0.05) is 40.4 Å². The van der Waals surface area contributed by atoms with Gasteiger partial charge in [-0.15, -0.1) is 0 Å². The van der Waals surface area contributed by atoms with Crippen molar-refractivity contribution in [1.29, 1.82) is 0 Å². The molecule has 1 aliphatic heterocycles. The van der Waals surface area contributed by atoms with Gasteiger partial charge in [-0.25, -0.2) is 0 Å². The van der Waals surface area contributed by atoms with E-state index in [2.05, 4.69) is 17.0 Å². The summed E-state index contributed by atoms with van der Waals surface area (Å²) in [6.45, 7) is 4.09. The molecule has 0 saturated carbocycles. The number of thioether (sulfide) groups is 1. The molecule has 1 atom stereocenters. The van der Waals surface area contributed by atoms with E-state index in [4.69, 9.17) is 22.5 Å². The average Bonchev–Trinajstić information content (AvgIpc) is 2.38. The maximum atomic E-state index is 8.84. The quantitative estimate of drug-likeness (QED) is 0.379. The molecule has 1 fully saturated rings. The van der Waals surface area contributed by atoms with Crippen molar-refractivity contribution in [3.8, 4) is 0 Å². The zero-order valence-electron chi connectivity index (χ0n) is 10.1. The molecule has 0 amide bonds. The first kappa shape index (κ1) is 13.4. The first-order valence-electron chi connectivity index (χ1n) is 5.76. The molecule has 1 aromatic carbocycles. The second-order valence-electron chi connectivity index (χ2n) is 4.27. The van der Waals surface area contributed by atoms with Gasteiger partial charge in [-0.2, -0.15) is 11.8 Å². The van der Waals surface area contributed by atoms with Gasteiger partial charge in [-0.3, -0.25) is 0 Å². The minimum Gasteiger partial charge on any atom is -0.409 e. The minimum absolute atomic E-state index is 0.118. The summed E-state index contributed by atoms with van der Waals surface area (Å²) >= 11 is 8.00. The van der Waals surface area contributed by atoms with Crippen LogP contribution in [0.3, 0.4) is 0 Å².